The van der Waals surface area contributed by atoms with Gasteiger partial charge in [-0.25, -0.2) is 4.79 Å². The van der Waals surface area contributed by atoms with Crippen LogP contribution in [0.5, 0.6) is 0 Å². The lowest BCUT2D eigenvalue weighted by molar-refractivity contribution is -0.137. The van der Waals surface area contributed by atoms with Crippen LogP contribution in [0.25, 0.3) is 0 Å². The number of rotatable bonds is 6. The Bertz CT molecular complexity index is 228. The molecule has 88 valence electrons. The van der Waals surface area contributed by atoms with Crippen molar-refractivity contribution in [2.75, 3.05) is 6.61 Å². The molecule has 0 aromatic heterocycles. The van der Waals surface area contributed by atoms with Crippen molar-refractivity contribution in [2.45, 2.75) is 46.3 Å². The van der Waals surface area contributed by atoms with Crippen molar-refractivity contribution in [1.29, 1.82) is 0 Å². The normalized spacial score (nSPS) is 12.5. The number of esters is 1. The number of carbonyl (C=O) groups excluding carboxylic acids is 1. The Morgan fingerprint density at radius 1 is 1.27 bits per heavy atom. The predicted octanol–water partition coefficient (Wildman–Crippen LogP) is 3.09. The van der Waals surface area contributed by atoms with Crippen molar-refractivity contribution in [3.63, 3.8) is 0 Å². The first kappa shape index (κ1) is 14.2. The van der Waals surface area contributed by atoms with Crippen molar-refractivity contribution in [3.8, 4) is 0 Å². The molecule has 0 atom stereocenters. The molecule has 4 heteroatoms. The Morgan fingerprint density at radius 3 is 2.27 bits per heavy atom. The first-order chi connectivity index (χ1) is 6.89. The van der Waals surface area contributed by atoms with E-state index in [0.717, 1.165) is 18.6 Å². The molecular weight excluding hydrogens is 208 g/mol. The van der Waals surface area contributed by atoms with Crippen LogP contribution in [0, 0.1) is 0 Å². The Balaban J connectivity index is 4.43. The number of carbonyl (C=O) groups is 1. The zero-order chi connectivity index (χ0) is 11.9. The van der Waals surface area contributed by atoms with Crippen molar-refractivity contribution < 1.29 is 14.0 Å². The standard InChI is InChI=1S/C11H22O3Si/c1-6-8-10(14-15(3,4)5)9-11(12)13-7-2/h9H,6-8H2,1-5H3/b10-9-. The van der Waals surface area contributed by atoms with Gasteiger partial charge in [0.05, 0.1) is 18.4 Å². The van der Waals surface area contributed by atoms with E-state index in [1.54, 1.807) is 6.92 Å². The van der Waals surface area contributed by atoms with Gasteiger partial charge in [-0.3, -0.25) is 0 Å². The zero-order valence-electron chi connectivity index (χ0n) is 10.4. The smallest absolute Gasteiger partial charge is 0.334 e. The van der Waals surface area contributed by atoms with Crippen molar-refractivity contribution in [2.24, 2.45) is 0 Å². The number of hydrogen-bond acceptors (Lipinski definition) is 3. The molecule has 3 nitrogen and oxygen atoms in total. The number of ether oxygens (including phenoxy) is 1. The van der Waals surface area contributed by atoms with Gasteiger partial charge in [-0.1, -0.05) is 6.92 Å². The van der Waals surface area contributed by atoms with Gasteiger partial charge in [0.15, 0.2) is 0 Å². The lowest BCUT2D eigenvalue weighted by atomic mass is 10.3. The molecule has 0 bridgehead atoms. The molecule has 0 aliphatic carbocycles. The third-order valence-corrected chi connectivity index (χ3v) is 2.37. The SMILES string of the molecule is CCC/C(=C/C(=O)OCC)O[Si](C)(C)C. The lowest BCUT2D eigenvalue weighted by Crippen LogP contribution is -2.25. The fraction of sp³-hybridized carbons (Fsp3) is 0.727. The highest BCUT2D eigenvalue weighted by Gasteiger charge is 2.18. The quantitative estimate of drug-likeness (QED) is 0.304. The molecule has 0 saturated carbocycles. The Morgan fingerprint density at radius 2 is 1.87 bits per heavy atom. The summed E-state index contributed by atoms with van der Waals surface area (Å²) in [4.78, 5) is 11.3. The second kappa shape index (κ2) is 6.66. The maximum atomic E-state index is 11.3. The number of hydrogen-bond donors (Lipinski definition) is 0. The van der Waals surface area contributed by atoms with E-state index < -0.39 is 8.32 Å². The molecule has 0 aliphatic rings. The third-order valence-electron chi connectivity index (χ3n) is 1.50. The minimum absolute atomic E-state index is 0.306. The first-order valence-corrected chi connectivity index (χ1v) is 8.86. The average molecular weight is 230 g/mol. The molecule has 0 heterocycles. The van der Waals surface area contributed by atoms with Crippen molar-refractivity contribution >= 4 is 14.3 Å². The van der Waals surface area contributed by atoms with E-state index in [9.17, 15) is 4.79 Å². The minimum Gasteiger partial charge on any atom is -0.547 e. The van der Waals surface area contributed by atoms with E-state index in [2.05, 4.69) is 26.6 Å². The largest absolute Gasteiger partial charge is 0.547 e. The Labute approximate surface area is 93.6 Å². The minimum atomic E-state index is -1.62. The summed E-state index contributed by atoms with van der Waals surface area (Å²) in [6, 6.07) is 0. The second-order valence-corrected chi connectivity index (χ2v) is 8.76. The van der Waals surface area contributed by atoms with Gasteiger partial charge in [0, 0.05) is 6.42 Å². The Kier molecular flexibility index (Phi) is 6.32. The van der Waals surface area contributed by atoms with Gasteiger partial charge < -0.3 is 9.16 Å². The summed E-state index contributed by atoms with van der Waals surface area (Å²) in [5.74, 6) is 0.453. The molecule has 0 amide bonds. The van der Waals surface area contributed by atoms with Crippen molar-refractivity contribution in [3.05, 3.63) is 11.8 Å². The molecule has 0 unspecified atom stereocenters. The molecule has 0 spiro atoms. The zero-order valence-corrected chi connectivity index (χ0v) is 11.4. The molecule has 0 N–H and O–H groups in total. The van der Waals surface area contributed by atoms with Gasteiger partial charge in [0.25, 0.3) is 0 Å². The van der Waals surface area contributed by atoms with Gasteiger partial charge >= 0.3 is 5.97 Å². The van der Waals surface area contributed by atoms with Gasteiger partial charge in [-0.15, -0.1) is 0 Å². The number of allylic oxidation sites excluding steroid dienone is 1. The van der Waals surface area contributed by atoms with Crippen LogP contribution < -0.4 is 0 Å². The summed E-state index contributed by atoms with van der Waals surface area (Å²) >= 11 is 0. The predicted molar refractivity (Wildman–Crippen MR) is 64.1 cm³/mol. The molecule has 0 saturated heterocycles. The molecule has 0 fully saturated rings. The molecule has 0 radical (unpaired) electrons. The van der Waals surface area contributed by atoms with Gasteiger partial charge in [0.2, 0.25) is 8.32 Å². The van der Waals surface area contributed by atoms with Crippen molar-refractivity contribution in [1.82, 2.24) is 0 Å². The maximum Gasteiger partial charge on any atom is 0.334 e. The van der Waals surface area contributed by atoms with E-state index >= 15 is 0 Å². The second-order valence-electron chi connectivity index (χ2n) is 4.33. The third kappa shape index (κ3) is 8.24. The molecular formula is C11H22O3Si. The van der Waals surface area contributed by atoms with E-state index in [-0.39, 0.29) is 5.97 Å². The fourth-order valence-electron chi connectivity index (χ4n) is 1.11. The topological polar surface area (TPSA) is 35.5 Å². The van der Waals surface area contributed by atoms with Crippen LogP contribution in [0.2, 0.25) is 19.6 Å². The van der Waals surface area contributed by atoms with Crippen LogP contribution >= 0.6 is 0 Å². The van der Waals surface area contributed by atoms with Gasteiger partial charge in [-0.05, 0) is 33.0 Å². The summed E-state index contributed by atoms with van der Waals surface area (Å²) in [5.41, 5.74) is 0. The maximum absolute atomic E-state index is 11.3. The highest BCUT2D eigenvalue weighted by atomic mass is 28.4. The summed E-state index contributed by atoms with van der Waals surface area (Å²) in [7, 11) is -1.62. The van der Waals surface area contributed by atoms with Crippen LogP contribution in [-0.2, 0) is 14.0 Å². The highest BCUT2D eigenvalue weighted by Crippen LogP contribution is 2.15. The van der Waals surface area contributed by atoms with Crippen LogP contribution in [0.4, 0.5) is 0 Å². The monoisotopic (exact) mass is 230 g/mol. The fourth-order valence-corrected chi connectivity index (χ4v) is 2.06. The van der Waals surface area contributed by atoms with Gasteiger partial charge in [0.1, 0.15) is 0 Å². The van der Waals surface area contributed by atoms with Gasteiger partial charge in [-0.2, -0.15) is 0 Å². The average Bonchev–Trinajstić information content (AvgIpc) is 2.01. The van der Waals surface area contributed by atoms with E-state index in [4.69, 9.17) is 9.16 Å². The Hall–Kier alpha value is -0.773. The summed E-state index contributed by atoms with van der Waals surface area (Å²) in [5, 5.41) is 0. The van der Waals surface area contributed by atoms with E-state index in [0.29, 0.717) is 6.61 Å². The molecule has 0 aromatic rings. The molecule has 15 heavy (non-hydrogen) atoms. The lowest BCUT2D eigenvalue weighted by Gasteiger charge is -2.21. The summed E-state index contributed by atoms with van der Waals surface area (Å²) < 4.78 is 10.6. The molecule has 0 aromatic carbocycles. The van der Waals surface area contributed by atoms with E-state index in [1.807, 2.05) is 0 Å². The van der Waals surface area contributed by atoms with Crippen LogP contribution in [-0.4, -0.2) is 20.9 Å². The van der Waals surface area contributed by atoms with Crippen LogP contribution in [0.15, 0.2) is 11.8 Å². The van der Waals surface area contributed by atoms with E-state index in [1.165, 1.54) is 6.08 Å². The van der Waals surface area contributed by atoms with Crippen LogP contribution in [0.1, 0.15) is 26.7 Å². The summed E-state index contributed by atoms with van der Waals surface area (Å²) in [6.07, 6.45) is 3.24. The summed E-state index contributed by atoms with van der Waals surface area (Å²) in [6.45, 7) is 10.6. The van der Waals surface area contributed by atoms with Crippen LogP contribution in [0.3, 0.4) is 0 Å². The highest BCUT2D eigenvalue weighted by molar-refractivity contribution is 6.70. The first-order valence-electron chi connectivity index (χ1n) is 5.45. The molecule has 0 aliphatic heterocycles. The molecule has 0 rings (SSSR count).